The number of hydrogen-bond donors (Lipinski definition) is 1. The zero-order valence-corrected chi connectivity index (χ0v) is 19.5. The third kappa shape index (κ3) is 4.88. The Kier molecular flexibility index (Phi) is 6.98. The monoisotopic (exact) mass is 468 g/mol. The van der Waals surface area contributed by atoms with Crippen molar-refractivity contribution in [2.45, 2.75) is 37.2 Å². The van der Waals surface area contributed by atoms with E-state index in [1.54, 1.807) is 22.9 Å². The maximum absolute atomic E-state index is 14.0. The first kappa shape index (κ1) is 22.8. The van der Waals surface area contributed by atoms with Crippen LogP contribution in [-0.2, 0) is 15.3 Å². The van der Waals surface area contributed by atoms with Crippen LogP contribution in [0.25, 0.3) is 0 Å². The lowest BCUT2D eigenvalue weighted by molar-refractivity contribution is -0.136. The van der Waals surface area contributed by atoms with Crippen molar-refractivity contribution < 1.29 is 18.7 Å². The van der Waals surface area contributed by atoms with Crippen molar-refractivity contribution in [3.8, 4) is 5.75 Å². The van der Waals surface area contributed by atoms with Crippen LogP contribution in [0.1, 0.15) is 37.4 Å². The van der Waals surface area contributed by atoms with Gasteiger partial charge in [0.1, 0.15) is 17.6 Å². The number of allylic oxidation sites excluding steroid dienone is 1. The van der Waals surface area contributed by atoms with E-state index in [9.17, 15) is 9.18 Å². The van der Waals surface area contributed by atoms with Gasteiger partial charge in [0, 0.05) is 11.4 Å². The number of benzene rings is 2. The van der Waals surface area contributed by atoms with Crippen LogP contribution in [0.3, 0.4) is 0 Å². The van der Waals surface area contributed by atoms with Crippen LogP contribution in [0, 0.1) is 5.82 Å². The maximum Gasteiger partial charge on any atom is 0.338 e. The van der Waals surface area contributed by atoms with Crippen molar-refractivity contribution in [2.24, 2.45) is 0 Å². The predicted octanol–water partition coefficient (Wildman–Crippen LogP) is 4.96. The van der Waals surface area contributed by atoms with E-state index < -0.39 is 12.0 Å². The van der Waals surface area contributed by atoms with Crippen molar-refractivity contribution >= 4 is 23.7 Å². The maximum atomic E-state index is 14.0. The number of carbonyl (C=O) groups is 1. The van der Waals surface area contributed by atoms with Gasteiger partial charge in [-0.15, -0.1) is 5.10 Å². The Bertz CT molecular complexity index is 1180. The van der Waals surface area contributed by atoms with Gasteiger partial charge in [0.15, 0.2) is 0 Å². The fourth-order valence-corrected chi connectivity index (χ4v) is 4.41. The molecule has 0 spiro atoms. The Hall–Kier alpha value is -3.33. The number of esters is 1. The highest BCUT2D eigenvalue weighted by molar-refractivity contribution is 7.98. The minimum atomic E-state index is -0.524. The Morgan fingerprint density at radius 2 is 1.97 bits per heavy atom. The molecule has 1 aromatic heterocycles. The molecule has 2 aromatic carbocycles. The van der Waals surface area contributed by atoms with Gasteiger partial charge in [0.2, 0.25) is 11.1 Å². The molecule has 1 aliphatic rings. The highest BCUT2D eigenvalue weighted by atomic mass is 32.2. The summed E-state index contributed by atoms with van der Waals surface area (Å²) in [7, 11) is 1.36. The third-order valence-electron chi connectivity index (χ3n) is 5.22. The van der Waals surface area contributed by atoms with Crippen molar-refractivity contribution in [1.29, 1.82) is 0 Å². The number of rotatable bonds is 8. The summed E-state index contributed by atoms with van der Waals surface area (Å²) in [6.07, 6.45) is 0.917. The minimum absolute atomic E-state index is 0.263. The summed E-state index contributed by atoms with van der Waals surface area (Å²) in [6, 6.07) is 13.7. The fourth-order valence-electron chi connectivity index (χ4n) is 3.60. The number of thioether (sulfide) groups is 1. The van der Waals surface area contributed by atoms with Crippen LogP contribution in [0.2, 0.25) is 0 Å². The van der Waals surface area contributed by atoms with Gasteiger partial charge in [-0.05, 0) is 42.7 Å². The zero-order valence-electron chi connectivity index (χ0n) is 18.7. The lowest BCUT2D eigenvalue weighted by atomic mass is 9.96. The first-order valence-electron chi connectivity index (χ1n) is 10.6. The van der Waals surface area contributed by atoms with E-state index in [2.05, 4.69) is 15.4 Å². The molecule has 33 heavy (non-hydrogen) atoms. The van der Waals surface area contributed by atoms with E-state index in [-0.39, 0.29) is 5.82 Å². The zero-order chi connectivity index (χ0) is 23.4. The summed E-state index contributed by atoms with van der Waals surface area (Å²) in [6.45, 7) is 4.49. The SMILES string of the molecule is CCCOc1ccc(C2C(C(=O)OC)=C(C)Nc3nc(SCc4ccccc4F)nn32)cc1. The molecule has 9 heteroatoms. The van der Waals surface area contributed by atoms with Gasteiger partial charge in [0.25, 0.3) is 0 Å². The second-order valence-electron chi connectivity index (χ2n) is 7.52. The molecule has 3 aromatic rings. The third-order valence-corrected chi connectivity index (χ3v) is 6.11. The molecule has 7 nitrogen and oxygen atoms in total. The summed E-state index contributed by atoms with van der Waals surface area (Å²) < 4.78 is 26.4. The van der Waals surface area contributed by atoms with Gasteiger partial charge in [-0.2, -0.15) is 4.98 Å². The average molecular weight is 469 g/mol. The number of carbonyl (C=O) groups excluding carboxylic acids is 1. The number of ether oxygens (including phenoxy) is 2. The van der Waals surface area contributed by atoms with E-state index in [0.29, 0.717) is 40.3 Å². The Labute approximate surface area is 196 Å². The molecule has 2 heterocycles. The quantitative estimate of drug-likeness (QED) is 0.370. The van der Waals surface area contributed by atoms with Crippen molar-refractivity contribution in [3.63, 3.8) is 0 Å². The second kappa shape index (κ2) is 10.1. The van der Waals surface area contributed by atoms with Crippen molar-refractivity contribution in [2.75, 3.05) is 19.0 Å². The highest BCUT2D eigenvalue weighted by Crippen LogP contribution is 2.37. The van der Waals surface area contributed by atoms with Gasteiger partial charge in [-0.1, -0.05) is 49.0 Å². The topological polar surface area (TPSA) is 78.3 Å². The van der Waals surface area contributed by atoms with Gasteiger partial charge in [-0.3, -0.25) is 0 Å². The van der Waals surface area contributed by atoms with Gasteiger partial charge in [0.05, 0.1) is 19.3 Å². The summed E-state index contributed by atoms with van der Waals surface area (Å²) in [4.78, 5) is 17.3. The number of nitrogens with zero attached hydrogens (tertiary/aromatic N) is 3. The Morgan fingerprint density at radius 3 is 2.67 bits per heavy atom. The number of methoxy groups -OCH3 is 1. The molecule has 0 aliphatic carbocycles. The van der Waals surface area contributed by atoms with Crippen LogP contribution in [-0.4, -0.2) is 34.5 Å². The molecule has 1 atom stereocenters. The second-order valence-corrected chi connectivity index (χ2v) is 8.46. The molecule has 1 aliphatic heterocycles. The lowest BCUT2D eigenvalue weighted by Crippen LogP contribution is -2.29. The smallest absolute Gasteiger partial charge is 0.338 e. The van der Waals surface area contributed by atoms with Gasteiger partial charge >= 0.3 is 5.97 Å². The van der Waals surface area contributed by atoms with Crippen molar-refractivity contribution in [3.05, 3.63) is 76.7 Å². The molecule has 0 fully saturated rings. The van der Waals surface area contributed by atoms with Crippen molar-refractivity contribution in [1.82, 2.24) is 14.8 Å². The normalized spacial score (nSPS) is 15.1. The number of fused-ring (bicyclic) bond motifs is 1. The van der Waals surface area contributed by atoms with E-state index in [4.69, 9.17) is 9.47 Å². The summed E-state index contributed by atoms with van der Waals surface area (Å²) in [5, 5.41) is 8.27. The number of halogens is 1. The summed E-state index contributed by atoms with van der Waals surface area (Å²) >= 11 is 1.33. The minimum Gasteiger partial charge on any atom is -0.494 e. The van der Waals surface area contributed by atoms with Crippen LogP contribution in [0.4, 0.5) is 10.3 Å². The van der Waals surface area contributed by atoms with E-state index >= 15 is 0 Å². The molecule has 0 radical (unpaired) electrons. The molecule has 0 saturated carbocycles. The molecular formula is C24H25FN4O3S. The number of nitrogens with one attached hydrogen (secondary N) is 1. The molecule has 0 saturated heterocycles. The highest BCUT2D eigenvalue weighted by Gasteiger charge is 2.35. The van der Waals surface area contributed by atoms with Gasteiger partial charge in [-0.25, -0.2) is 13.9 Å². The van der Waals surface area contributed by atoms with E-state index in [1.807, 2.05) is 38.1 Å². The van der Waals surface area contributed by atoms with E-state index in [0.717, 1.165) is 17.7 Å². The van der Waals surface area contributed by atoms with Gasteiger partial charge < -0.3 is 14.8 Å². The molecule has 4 rings (SSSR count). The van der Waals surface area contributed by atoms with Crippen LogP contribution in [0.15, 0.2) is 65.0 Å². The number of aromatic nitrogens is 3. The lowest BCUT2D eigenvalue weighted by Gasteiger charge is -2.27. The standard InChI is InChI=1S/C24H25FN4O3S/c1-4-13-32-18-11-9-16(10-12-18)21-20(22(30)31-3)15(2)26-23-27-24(28-29(21)23)33-14-17-7-5-6-8-19(17)25/h5-12,21H,4,13-14H2,1-3H3,(H,26,27,28). The van der Waals surface area contributed by atoms with Crippen LogP contribution in [0.5, 0.6) is 5.75 Å². The first-order chi connectivity index (χ1) is 16.0. The predicted molar refractivity (Wildman–Crippen MR) is 125 cm³/mol. The molecule has 1 unspecified atom stereocenters. The molecular weight excluding hydrogens is 443 g/mol. The Balaban J connectivity index is 1.66. The largest absolute Gasteiger partial charge is 0.494 e. The molecule has 1 N–H and O–H groups in total. The number of hydrogen-bond acceptors (Lipinski definition) is 7. The summed E-state index contributed by atoms with van der Waals surface area (Å²) in [5.41, 5.74) is 2.51. The number of anilines is 1. The summed E-state index contributed by atoms with van der Waals surface area (Å²) in [5.74, 6) is 0.946. The van der Waals surface area contributed by atoms with Crippen LogP contribution < -0.4 is 10.1 Å². The fraction of sp³-hybridized carbons (Fsp3) is 0.292. The van der Waals surface area contributed by atoms with Crippen LogP contribution >= 0.6 is 11.8 Å². The average Bonchev–Trinajstić information content (AvgIpc) is 3.23. The molecule has 0 amide bonds. The molecule has 0 bridgehead atoms. The van der Waals surface area contributed by atoms with E-state index in [1.165, 1.54) is 24.9 Å². The Morgan fingerprint density at radius 1 is 1.21 bits per heavy atom. The molecule has 172 valence electrons. The first-order valence-corrected chi connectivity index (χ1v) is 11.6.